The Morgan fingerprint density at radius 2 is 1.87 bits per heavy atom. The Morgan fingerprint density at radius 1 is 1.07 bits per heavy atom. The first kappa shape index (κ1) is 20.3. The summed E-state index contributed by atoms with van der Waals surface area (Å²) in [6.45, 7) is 0.471. The highest BCUT2D eigenvalue weighted by molar-refractivity contribution is 7.91. The smallest absolute Gasteiger partial charge is 0.221 e. The van der Waals surface area contributed by atoms with Gasteiger partial charge in [-0.15, -0.1) is 0 Å². The highest BCUT2D eigenvalue weighted by atomic mass is 32.2. The molecule has 3 aromatic rings. The summed E-state index contributed by atoms with van der Waals surface area (Å²) >= 11 is 0. The van der Waals surface area contributed by atoms with Gasteiger partial charge in [-0.2, -0.15) is 5.10 Å². The number of amides is 1. The van der Waals surface area contributed by atoms with Gasteiger partial charge in [0.05, 0.1) is 16.3 Å². The number of hydrogen-bond acceptors (Lipinski definition) is 4. The molecule has 0 spiro atoms. The number of benzene rings is 2. The molecule has 1 aliphatic carbocycles. The van der Waals surface area contributed by atoms with E-state index in [4.69, 9.17) is 0 Å². The number of hydrogen-bond donors (Lipinski definition) is 1. The minimum Gasteiger partial charge on any atom is -0.356 e. The summed E-state index contributed by atoms with van der Waals surface area (Å²) in [6, 6.07) is 15.2. The highest BCUT2D eigenvalue weighted by Gasteiger charge is 2.19. The minimum atomic E-state index is -3.45. The number of nitrogens with zero attached hydrogens (tertiary/aromatic N) is 2. The van der Waals surface area contributed by atoms with Gasteiger partial charge in [0.15, 0.2) is 9.84 Å². The molecule has 6 nitrogen and oxygen atoms in total. The Labute approximate surface area is 176 Å². The molecule has 0 fully saturated rings. The number of rotatable bonds is 8. The van der Waals surface area contributed by atoms with Crippen molar-refractivity contribution in [1.82, 2.24) is 15.1 Å². The van der Waals surface area contributed by atoms with Crippen molar-refractivity contribution in [3.8, 4) is 5.69 Å². The van der Waals surface area contributed by atoms with Crippen LogP contribution in [0.25, 0.3) is 5.69 Å². The monoisotopic (exact) mass is 423 g/mol. The lowest BCUT2D eigenvalue weighted by molar-refractivity contribution is -0.120. The summed E-state index contributed by atoms with van der Waals surface area (Å²) in [6.07, 6.45) is 7.29. The highest BCUT2D eigenvalue weighted by Crippen LogP contribution is 2.25. The standard InChI is InChI=1S/C23H25N3O3S/c27-23(12-16-30(28,29)22-10-7-19-3-1-4-20(19)17-22)24-14-11-18-5-8-21(9-6-18)26-15-2-13-25-26/h2,5-10,13,15,17H,1,3-4,11-12,14,16H2,(H,24,27). The summed E-state index contributed by atoms with van der Waals surface area (Å²) in [7, 11) is -3.45. The Balaban J connectivity index is 1.24. The zero-order valence-electron chi connectivity index (χ0n) is 16.8. The van der Waals surface area contributed by atoms with Crippen molar-refractivity contribution in [2.75, 3.05) is 12.3 Å². The Bertz CT molecular complexity index is 1120. The van der Waals surface area contributed by atoms with Gasteiger partial charge in [0.25, 0.3) is 0 Å². The van der Waals surface area contributed by atoms with Crippen LogP contribution in [0.4, 0.5) is 0 Å². The SMILES string of the molecule is O=C(CCS(=O)(=O)c1ccc2c(c1)CCC2)NCCc1ccc(-n2cccn2)cc1. The number of aromatic nitrogens is 2. The largest absolute Gasteiger partial charge is 0.356 e. The van der Waals surface area contributed by atoms with E-state index in [1.165, 1.54) is 5.56 Å². The first-order chi connectivity index (χ1) is 14.5. The third-order valence-electron chi connectivity index (χ3n) is 5.47. The molecule has 1 aromatic heterocycles. The molecule has 156 valence electrons. The average Bonchev–Trinajstić information content (AvgIpc) is 3.44. The molecule has 0 aliphatic heterocycles. The summed E-state index contributed by atoms with van der Waals surface area (Å²) in [5.41, 5.74) is 4.44. The van der Waals surface area contributed by atoms with E-state index in [0.29, 0.717) is 17.9 Å². The lowest BCUT2D eigenvalue weighted by atomic mass is 10.1. The van der Waals surface area contributed by atoms with E-state index >= 15 is 0 Å². The van der Waals surface area contributed by atoms with Crippen molar-refractivity contribution in [3.63, 3.8) is 0 Å². The number of nitrogens with one attached hydrogen (secondary N) is 1. The van der Waals surface area contributed by atoms with Crippen LogP contribution in [-0.2, 0) is 33.9 Å². The van der Waals surface area contributed by atoms with Gasteiger partial charge in [-0.25, -0.2) is 13.1 Å². The van der Waals surface area contributed by atoms with Gasteiger partial charge in [0, 0.05) is 25.4 Å². The molecule has 0 atom stereocenters. The normalized spacial score (nSPS) is 13.2. The van der Waals surface area contributed by atoms with E-state index in [1.807, 2.05) is 42.6 Å². The lowest BCUT2D eigenvalue weighted by Crippen LogP contribution is -2.27. The van der Waals surface area contributed by atoms with Crippen molar-refractivity contribution in [2.45, 2.75) is 37.0 Å². The molecule has 0 saturated carbocycles. The van der Waals surface area contributed by atoms with Gasteiger partial charge in [-0.3, -0.25) is 4.79 Å². The number of aryl methyl sites for hydroxylation is 2. The molecule has 0 bridgehead atoms. The van der Waals surface area contributed by atoms with Crippen LogP contribution in [0.2, 0.25) is 0 Å². The van der Waals surface area contributed by atoms with Gasteiger partial charge in [0.1, 0.15) is 0 Å². The Kier molecular flexibility index (Phi) is 5.99. The summed E-state index contributed by atoms with van der Waals surface area (Å²) in [5, 5.41) is 7.01. The van der Waals surface area contributed by atoms with Crippen LogP contribution in [0.1, 0.15) is 29.5 Å². The molecule has 1 N–H and O–H groups in total. The first-order valence-electron chi connectivity index (χ1n) is 10.2. The van der Waals surface area contributed by atoms with Gasteiger partial charge < -0.3 is 5.32 Å². The molecular formula is C23H25N3O3S. The second kappa shape index (κ2) is 8.83. The number of fused-ring (bicyclic) bond motifs is 1. The molecule has 0 radical (unpaired) electrons. The average molecular weight is 424 g/mol. The van der Waals surface area contributed by atoms with E-state index in [2.05, 4.69) is 10.4 Å². The Hall–Kier alpha value is -2.93. The third kappa shape index (κ3) is 4.79. The fraction of sp³-hybridized carbons (Fsp3) is 0.304. The quantitative estimate of drug-likeness (QED) is 0.604. The maximum Gasteiger partial charge on any atom is 0.221 e. The topological polar surface area (TPSA) is 81.1 Å². The van der Waals surface area contributed by atoms with Crippen molar-refractivity contribution < 1.29 is 13.2 Å². The van der Waals surface area contributed by atoms with E-state index in [-0.39, 0.29) is 18.1 Å². The van der Waals surface area contributed by atoms with Gasteiger partial charge in [-0.1, -0.05) is 18.2 Å². The fourth-order valence-corrected chi connectivity index (χ4v) is 5.05. The van der Waals surface area contributed by atoms with E-state index in [9.17, 15) is 13.2 Å². The minimum absolute atomic E-state index is 0.0301. The van der Waals surface area contributed by atoms with Crippen molar-refractivity contribution in [2.24, 2.45) is 0 Å². The van der Waals surface area contributed by atoms with E-state index in [0.717, 1.165) is 36.1 Å². The predicted molar refractivity (Wildman–Crippen MR) is 115 cm³/mol. The van der Waals surface area contributed by atoms with Crippen molar-refractivity contribution in [3.05, 3.63) is 77.6 Å². The number of carbonyl (C=O) groups is 1. The van der Waals surface area contributed by atoms with E-state index in [1.54, 1.807) is 23.0 Å². The van der Waals surface area contributed by atoms with Gasteiger partial charge >= 0.3 is 0 Å². The molecule has 1 heterocycles. The van der Waals surface area contributed by atoms with Crippen LogP contribution in [0.3, 0.4) is 0 Å². The van der Waals surface area contributed by atoms with Crippen LogP contribution in [0.5, 0.6) is 0 Å². The molecular weight excluding hydrogens is 398 g/mol. The predicted octanol–water partition coefficient (Wildman–Crippen LogP) is 2.88. The molecule has 1 aliphatic rings. The van der Waals surface area contributed by atoms with Crippen LogP contribution >= 0.6 is 0 Å². The van der Waals surface area contributed by atoms with E-state index < -0.39 is 9.84 Å². The second-order valence-electron chi connectivity index (χ2n) is 7.57. The molecule has 0 unspecified atom stereocenters. The van der Waals surface area contributed by atoms with Crippen molar-refractivity contribution in [1.29, 1.82) is 0 Å². The summed E-state index contributed by atoms with van der Waals surface area (Å²) in [4.78, 5) is 12.4. The maximum absolute atomic E-state index is 12.6. The molecule has 1 amide bonds. The molecule has 4 rings (SSSR count). The van der Waals surface area contributed by atoms with Crippen LogP contribution in [-0.4, -0.2) is 36.4 Å². The molecule has 2 aromatic carbocycles. The van der Waals surface area contributed by atoms with Crippen LogP contribution < -0.4 is 5.32 Å². The summed E-state index contributed by atoms with van der Waals surface area (Å²) in [5.74, 6) is -0.413. The third-order valence-corrected chi connectivity index (χ3v) is 7.18. The van der Waals surface area contributed by atoms with Crippen molar-refractivity contribution >= 4 is 15.7 Å². The maximum atomic E-state index is 12.6. The molecule has 30 heavy (non-hydrogen) atoms. The van der Waals surface area contributed by atoms with Crippen LogP contribution in [0.15, 0.2) is 65.8 Å². The van der Waals surface area contributed by atoms with Gasteiger partial charge in [-0.05, 0) is 72.7 Å². The number of carbonyl (C=O) groups excluding carboxylic acids is 1. The zero-order chi connectivity index (χ0) is 21.0. The van der Waals surface area contributed by atoms with Crippen LogP contribution in [0, 0.1) is 0 Å². The second-order valence-corrected chi connectivity index (χ2v) is 9.68. The fourth-order valence-electron chi connectivity index (χ4n) is 3.76. The summed E-state index contributed by atoms with van der Waals surface area (Å²) < 4.78 is 26.9. The molecule has 7 heteroatoms. The van der Waals surface area contributed by atoms with Gasteiger partial charge in [0.2, 0.25) is 5.91 Å². The molecule has 0 saturated heterocycles. The first-order valence-corrected chi connectivity index (χ1v) is 11.9. The lowest BCUT2D eigenvalue weighted by Gasteiger charge is -2.08. The number of sulfone groups is 1. The Morgan fingerprint density at radius 3 is 2.63 bits per heavy atom. The zero-order valence-corrected chi connectivity index (χ0v) is 17.6.